The molecule has 1 saturated carbocycles. The first kappa shape index (κ1) is 14.4. The molecule has 0 aliphatic heterocycles. The fourth-order valence-corrected chi connectivity index (χ4v) is 2.69. The Morgan fingerprint density at radius 3 is 2.59 bits per heavy atom. The van der Waals surface area contributed by atoms with Crippen molar-refractivity contribution in [2.24, 2.45) is 5.41 Å². The summed E-state index contributed by atoms with van der Waals surface area (Å²) in [6.45, 7) is 0.418. The summed E-state index contributed by atoms with van der Waals surface area (Å²) in [5.41, 5.74) is -0.0624. The quantitative estimate of drug-likeness (QED) is 0.584. The van der Waals surface area contributed by atoms with E-state index in [1.165, 1.54) is 7.11 Å². The third-order valence-electron chi connectivity index (χ3n) is 3.07. The average Bonchev–Trinajstić information content (AvgIpc) is 3.05. The van der Waals surface area contributed by atoms with E-state index in [9.17, 15) is 13.2 Å². The van der Waals surface area contributed by atoms with E-state index in [-0.39, 0.29) is 24.2 Å². The van der Waals surface area contributed by atoms with Crippen LogP contribution < -0.4 is 4.72 Å². The van der Waals surface area contributed by atoms with Gasteiger partial charge in [-0.2, -0.15) is 0 Å². The van der Waals surface area contributed by atoms with Gasteiger partial charge >= 0.3 is 5.97 Å². The minimum atomic E-state index is -3.43. The molecule has 0 amide bonds. The Bertz CT molecular complexity index is 361. The Hall–Kier alpha value is -0.660. The fourth-order valence-electron chi connectivity index (χ4n) is 1.58. The number of sulfonamides is 1. The maximum absolute atomic E-state index is 11.5. The van der Waals surface area contributed by atoms with Crippen LogP contribution in [0.15, 0.2) is 0 Å². The summed E-state index contributed by atoms with van der Waals surface area (Å²) in [6, 6.07) is 0. The molecule has 1 aliphatic carbocycles. The maximum Gasteiger partial charge on any atom is 0.306 e. The van der Waals surface area contributed by atoms with Crippen molar-refractivity contribution in [2.45, 2.75) is 25.7 Å². The zero-order valence-electron chi connectivity index (χ0n) is 9.94. The number of methoxy groups -OCH3 is 1. The Morgan fingerprint density at radius 1 is 1.47 bits per heavy atom. The fraction of sp³-hybridized carbons (Fsp3) is 0.900. The minimum Gasteiger partial charge on any atom is -0.469 e. The van der Waals surface area contributed by atoms with Crippen molar-refractivity contribution < 1.29 is 23.1 Å². The Kier molecular flexibility index (Phi) is 4.91. The number of nitrogens with one attached hydrogen (secondary N) is 1. The topological polar surface area (TPSA) is 92.7 Å². The molecule has 0 aromatic carbocycles. The zero-order chi connectivity index (χ0) is 12.9. The standard InChI is InChI=1S/C10H19NO5S/c1-16-9(13)2-7-17(14,15)11-8-10(3-4-10)5-6-12/h11-12H,2-8H2,1H3. The normalized spacial score (nSPS) is 17.8. The third kappa shape index (κ3) is 5.01. The molecule has 1 aliphatic rings. The van der Waals surface area contributed by atoms with E-state index in [0.717, 1.165) is 12.8 Å². The lowest BCUT2D eigenvalue weighted by Crippen LogP contribution is -2.33. The summed E-state index contributed by atoms with van der Waals surface area (Å²) in [6.07, 6.45) is 2.35. The molecule has 0 spiro atoms. The lowest BCUT2D eigenvalue weighted by Gasteiger charge is -2.14. The summed E-state index contributed by atoms with van der Waals surface area (Å²) in [5.74, 6) is -0.790. The largest absolute Gasteiger partial charge is 0.469 e. The van der Waals surface area contributed by atoms with Gasteiger partial charge in [-0.15, -0.1) is 0 Å². The first-order valence-electron chi connectivity index (χ1n) is 5.58. The second-order valence-electron chi connectivity index (χ2n) is 4.44. The molecule has 0 unspecified atom stereocenters. The van der Waals surface area contributed by atoms with Crippen LogP contribution in [0.2, 0.25) is 0 Å². The number of hydrogen-bond donors (Lipinski definition) is 2. The van der Waals surface area contributed by atoms with Gasteiger partial charge in [0.25, 0.3) is 0 Å². The van der Waals surface area contributed by atoms with Gasteiger partial charge in [-0.3, -0.25) is 4.79 Å². The molecular formula is C10H19NO5S. The highest BCUT2D eigenvalue weighted by Gasteiger charge is 2.42. The van der Waals surface area contributed by atoms with Gasteiger partial charge in [-0.25, -0.2) is 13.1 Å². The number of hydrogen-bond acceptors (Lipinski definition) is 5. The van der Waals surface area contributed by atoms with E-state index in [4.69, 9.17) is 5.11 Å². The van der Waals surface area contributed by atoms with Crippen molar-refractivity contribution in [3.63, 3.8) is 0 Å². The van der Waals surface area contributed by atoms with Gasteiger partial charge in [0.2, 0.25) is 10.0 Å². The number of rotatable bonds is 8. The van der Waals surface area contributed by atoms with Crippen LogP contribution in [0.25, 0.3) is 0 Å². The predicted molar refractivity (Wildman–Crippen MR) is 61.8 cm³/mol. The van der Waals surface area contributed by atoms with E-state index in [1.54, 1.807) is 0 Å². The third-order valence-corrected chi connectivity index (χ3v) is 4.39. The van der Waals surface area contributed by atoms with E-state index in [2.05, 4.69) is 9.46 Å². The van der Waals surface area contributed by atoms with E-state index in [0.29, 0.717) is 13.0 Å². The van der Waals surface area contributed by atoms with Crippen LogP contribution in [0.3, 0.4) is 0 Å². The molecule has 1 fully saturated rings. The van der Waals surface area contributed by atoms with Crippen LogP contribution in [-0.2, 0) is 19.6 Å². The zero-order valence-corrected chi connectivity index (χ0v) is 10.8. The van der Waals surface area contributed by atoms with Gasteiger partial charge < -0.3 is 9.84 Å². The van der Waals surface area contributed by atoms with Gasteiger partial charge in [-0.05, 0) is 24.7 Å². The average molecular weight is 265 g/mol. The molecule has 7 heteroatoms. The van der Waals surface area contributed by atoms with Crippen molar-refractivity contribution in [1.29, 1.82) is 0 Å². The number of aliphatic hydroxyl groups excluding tert-OH is 1. The smallest absolute Gasteiger partial charge is 0.306 e. The predicted octanol–water partition coefficient (Wildman–Crippen LogP) is -0.369. The van der Waals surface area contributed by atoms with Crippen LogP contribution in [0, 0.1) is 5.41 Å². The molecule has 1 rings (SSSR count). The number of aliphatic hydroxyl groups is 1. The van der Waals surface area contributed by atoms with Crippen molar-refractivity contribution in [2.75, 3.05) is 26.0 Å². The van der Waals surface area contributed by atoms with Gasteiger partial charge in [0.15, 0.2) is 0 Å². The minimum absolute atomic E-state index is 0.0624. The molecule has 0 saturated heterocycles. The molecule has 17 heavy (non-hydrogen) atoms. The van der Waals surface area contributed by atoms with E-state index < -0.39 is 16.0 Å². The van der Waals surface area contributed by atoms with Gasteiger partial charge in [0.05, 0.1) is 19.3 Å². The van der Waals surface area contributed by atoms with Crippen molar-refractivity contribution in [1.82, 2.24) is 4.72 Å². The first-order valence-corrected chi connectivity index (χ1v) is 7.23. The van der Waals surface area contributed by atoms with Crippen molar-refractivity contribution in [3.05, 3.63) is 0 Å². The lowest BCUT2D eigenvalue weighted by molar-refractivity contribution is -0.140. The molecule has 100 valence electrons. The monoisotopic (exact) mass is 265 g/mol. The molecular weight excluding hydrogens is 246 g/mol. The highest BCUT2D eigenvalue weighted by atomic mass is 32.2. The summed E-state index contributed by atoms with van der Waals surface area (Å²) < 4.78 is 30.0. The van der Waals surface area contributed by atoms with Gasteiger partial charge in [-0.1, -0.05) is 0 Å². The Labute approximate surface area is 101 Å². The highest BCUT2D eigenvalue weighted by Crippen LogP contribution is 2.47. The number of esters is 1. The molecule has 0 radical (unpaired) electrons. The Balaban J connectivity index is 2.32. The lowest BCUT2D eigenvalue weighted by atomic mass is 10.0. The maximum atomic E-state index is 11.5. The highest BCUT2D eigenvalue weighted by molar-refractivity contribution is 7.89. The number of carbonyl (C=O) groups excluding carboxylic acids is 1. The van der Waals surface area contributed by atoms with Gasteiger partial charge in [0.1, 0.15) is 0 Å². The van der Waals surface area contributed by atoms with Crippen LogP contribution in [0.5, 0.6) is 0 Å². The SMILES string of the molecule is COC(=O)CCS(=O)(=O)NCC1(CCO)CC1. The molecule has 0 atom stereocenters. The second-order valence-corrected chi connectivity index (χ2v) is 6.37. The first-order chi connectivity index (χ1) is 7.93. The molecule has 2 N–H and O–H groups in total. The van der Waals surface area contributed by atoms with Crippen LogP contribution >= 0.6 is 0 Å². The Morgan fingerprint density at radius 2 is 2.12 bits per heavy atom. The number of ether oxygens (including phenoxy) is 1. The summed E-state index contributed by atoms with van der Waals surface area (Å²) in [7, 11) is -2.21. The van der Waals surface area contributed by atoms with E-state index >= 15 is 0 Å². The van der Waals surface area contributed by atoms with Crippen molar-refractivity contribution in [3.8, 4) is 0 Å². The number of carbonyl (C=O) groups is 1. The summed E-state index contributed by atoms with van der Waals surface area (Å²) in [5, 5.41) is 8.84. The molecule has 0 aromatic heterocycles. The van der Waals surface area contributed by atoms with E-state index in [1.807, 2.05) is 0 Å². The van der Waals surface area contributed by atoms with Crippen LogP contribution in [0.1, 0.15) is 25.7 Å². The van der Waals surface area contributed by atoms with Crippen LogP contribution in [0.4, 0.5) is 0 Å². The van der Waals surface area contributed by atoms with Gasteiger partial charge in [0, 0.05) is 13.2 Å². The second kappa shape index (κ2) is 5.79. The summed E-state index contributed by atoms with van der Waals surface area (Å²) >= 11 is 0. The molecule has 0 aromatic rings. The molecule has 0 heterocycles. The van der Waals surface area contributed by atoms with Crippen molar-refractivity contribution >= 4 is 16.0 Å². The van der Waals surface area contributed by atoms with Crippen LogP contribution in [-0.4, -0.2) is 45.5 Å². The summed E-state index contributed by atoms with van der Waals surface area (Å²) in [4.78, 5) is 10.8. The molecule has 0 bridgehead atoms. The molecule has 6 nitrogen and oxygen atoms in total.